The van der Waals surface area contributed by atoms with E-state index in [4.69, 9.17) is 23.2 Å². The topological polar surface area (TPSA) is 41.6 Å². The van der Waals surface area contributed by atoms with Crippen LogP contribution in [0.2, 0.25) is 10.0 Å². The number of ether oxygens (including phenoxy) is 1. The molecular formula is C20H19Cl2F3N2O2. The Morgan fingerprint density at radius 3 is 2.31 bits per heavy atom. The normalized spacial score (nSPS) is 15.9. The minimum Gasteiger partial charge on any atom is -0.406 e. The Bertz CT molecular complexity index is 852. The van der Waals surface area contributed by atoms with Gasteiger partial charge in [0.15, 0.2) is 0 Å². The van der Waals surface area contributed by atoms with Crippen molar-refractivity contribution >= 4 is 34.8 Å². The lowest BCUT2D eigenvalue weighted by molar-refractivity contribution is -0.274. The Morgan fingerprint density at radius 2 is 1.72 bits per heavy atom. The molecule has 0 unspecified atom stereocenters. The zero-order valence-electron chi connectivity index (χ0n) is 15.3. The van der Waals surface area contributed by atoms with E-state index in [9.17, 15) is 18.0 Å². The SMILES string of the molecule is O=C(Nc1ccc(OC(F)(F)F)cc1)C1CCN(Cc2ccc(Cl)c(Cl)c2)CC1. The highest BCUT2D eigenvalue weighted by Gasteiger charge is 2.31. The van der Waals surface area contributed by atoms with Gasteiger partial charge in [-0.05, 0) is 67.9 Å². The summed E-state index contributed by atoms with van der Waals surface area (Å²) < 4.78 is 40.4. The first kappa shape index (κ1) is 21.7. The van der Waals surface area contributed by atoms with Crippen LogP contribution in [0.3, 0.4) is 0 Å². The van der Waals surface area contributed by atoms with Crippen LogP contribution in [0.15, 0.2) is 42.5 Å². The largest absolute Gasteiger partial charge is 0.573 e. The number of amides is 1. The van der Waals surface area contributed by atoms with Crippen molar-refractivity contribution in [3.05, 3.63) is 58.1 Å². The molecule has 1 amide bonds. The minimum atomic E-state index is -4.74. The number of likely N-dealkylation sites (tertiary alicyclic amines) is 1. The first-order valence-electron chi connectivity index (χ1n) is 9.02. The molecule has 1 aliphatic rings. The van der Waals surface area contributed by atoms with Crippen LogP contribution in [0.4, 0.5) is 18.9 Å². The Kier molecular flexibility index (Phi) is 6.93. The molecule has 1 heterocycles. The quantitative estimate of drug-likeness (QED) is 0.636. The molecule has 1 aliphatic heterocycles. The molecule has 156 valence electrons. The predicted octanol–water partition coefficient (Wildman–Crippen LogP) is 5.74. The molecule has 2 aromatic rings. The molecule has 9 heteroatoms. The maximum Gasteiger partial charge on any atom is 0.573 e. The molecule has 4 nitrogen and oxygen atoms in total. The third kappa shape index (κ3) is 6.52. The van der Waals surface area contributed by atoms with Crippen LogP contribution in [0.25, 0.3) is 0 Å². The van der Waals surface area contributed by atoms with E-state index in [0.29, 0.717) is 28.6 Å². The highest BCUT2D eigenvalue weighted by Crippen LogP contribution is 2.27. The van der Waals surface area contributed by atoms with Gasteiger partial charge in [-0.2, -0.15) is 0 Å². The number of anilines is 1. The third-order valence-corrected chi connectivity index (χ3v) is 5.44. The van der Waals surface area contributed by atoms with Crippen molar-refractivity contribution in [1.29, 1.82) is 0 Å². The lowest BCUT2D eigenvalue weighted by atomic mass is 9.95. The summed E-state index contributed by atoms with van der Waals surface area (Å²) in [4.78, 5) is 14.7. The average molecular weight is 447 g/mol. The van der Waals surface area contributed by atoms with Crippen molar-refractivity contribution < 1.29 is 22.7 Å². The van der Waals surface area contributed by atoms with E-state index in [1.807, 2.05) is 12.1 Å². The second kappa shape index (κ2) is 9.24. The molecule has 0 aliphatic carbocycles. The molecule has 29 heavy (non-hydrogen) atoms. The zero-order chi connectivity index (χ0) is 21.0. The van der Waals surface area contributed by atoms with Crippen molar-refractivity contribution in [3.63, 3.8) is 0 Å². The number of alkyl halides is 3. The predicted molar refractivity (Wildman–Crippen MR) is 106 cm³/mol. The van der Waals surface area contributed by atoms with E-state index in [0.717, 1.165) is 25.2 Å². The monoisotopic (exact) mass is 446 g/mol. The molecule has 3 rings (SSSR count). The Labute approximate surface area is 176 Å². The molecule has 0 saturated carbocycles. The summed E-state index contributed by atoms with van der Waals surface area (Å²) in [5.74, 6) is -0.610. The lowest BCUT2D eigenvalue weighted by Crippen LogP contribution is -2.37. The maximum atomic E-state index is 12.5. The van der Waals surface area contributed by atoms with E-state index in [2.05, 4.69) is 15.0 Å². The average Bonchev–Trinajstić information content (AvgIpc) is 2.66. The summed E-state index contributed by atoms with van der Waals surface area (Å²) in [5.41, 5.74) is 1.49. The Balaban J connectivity index is 1.47. The molecule has 0 radical (unpaired) electrons. The fourth-order valence-corrected chi connectivity index (χ4v) is 3.55. The van der Waals surface area contributed by atoms with E-state index in [1.54, 1.807) is 6.07 Å². The van der Waals surface area contributed by atoms with Crippen molar-refractivity contribution in [1.82, 2.24) is 4.90 Å². The molecule has 0 atom stereocenters. The molecule has 0 spiro atoms. The van der Waals surface area contributed by atoms with Gasteiger partial charge in [0.25, 0.3) is 0 Å². The van der Waals surface area contributed by atoms with Crippen LogP contribution in [-0.4, -0.2) is 30.3 Å². The molecule has 1 fully saturated rings. The number of hydrogen-bond acceptors (Lipinski definition) is 3. The van der Waals surface area contributed by atoms with Crippen LogP contribution in [0, 0.1) is 5.92 Å². The van der Waals surface area contributed by atoms with Gasteiger partial charge in [-0.25, -0.2) is 0 Å². The second-order valence-corrected chi connectivity index (χ2v) is 7.67. The molecular weight excluding hydrogens is 428 g/mol. The van der Waals surface area contributed by atoms with Crippen LogP contribution >= 0.6 is 23.2 Å². The summed E-state index contributed by atoms with van der Waals surface area (Å²) >= 11 is 12.0. The fraction of sp³-hybridized carbons (Fsp3) is 0.350. The van der Waals surface area contributed by atoms with E-state index in [1.165, 1.54) is 24.3 Å². The van der Waals surface area contributed by atoms with Gasteiger partial charge >= 0.3 is 6.36 Å². The van der Waals surface area contributed by atoms with Gasteiger partial charge < -0.3 is 10.1 Å². The van der Waals surface area contributed by atoms with Crippen molar-refractivity contribution in [2.24, 2.45) is 5.92 Å². The number of nitrogens with zero attached hydrogens (tertiary/aromatic N) is 1. The van der Waals surface area contributed by atoms with Crippen molar-refractivity contribution in [3.8, 4) is 5.75 Å². The molecule has 1 N–H and O–H groups in total. The smallest absolute Gasteiger partial charge is 0.406 e. The Morgan fingerprint density at radius 1 is 1.07 bits per heavy atom. The number of carbonyl (C=O) groups excluding carboxylic acids is 1. The van der Waals surface area contributed by atoms with E-state index in [-0.39, 0.29) is 17.6 Å². The first-order valence-corrected chi connectivity index (χ1v) is 9.78. The number of benzene rings is 2. The van der Waals surface area contributed by atoms with Gasteiger partial charge in [0, 0.05) is 18.2 Å². The first-order chi connectivity index (χ1) is 13.7. The van der Waals surface area contributed by atoms with Gasteiger partial charge in [-0.3, -0.25) is 9.69 Å². The summed E-state index contributed by atoms with van der Waals surface area (Å²) in [5, 5.41) is 3.79. The molecule has 0 bridgehead atoms. The number of hydrogen-bond donors (Lipinski definition) is 1. The molecule has 2 aromatic carbocycles. The lowest BCUT2D eigenvalue weighted by Gasteiger charge is -2.31. The number of halogens is 5. The number of rotatable bonds is 5. The van der Waals surface area contributed by atoms with Crippen LogP contribution in [0.1, 0.15) is 18.4 Å². The van der Waals surface area contributed by atoms with Gasteiger partial charge in [0.05, 0.1) is 10.0 Å². The standard InChI is InChI=1S/C20H19Cl2F3N2O2/c21-17-6-1-13(11-18(17)22)12-27-9-7-14(8-10-27)19(28)26-15-2-4-16(5-3-15)29-20(23,24)25/h1-6,11,14H,7-10,12H2,(H,26,28). The zero-order valence-corrected chi connectivity index (χ0v) is 16.8. The van der Waals surface area contributed by atoms with Crippen LogP contribution in [-0.2, 0) is 11.3 Å². The number of nitrogens with one attached hydrogen (secondary N) is 1. The Hall–Kier alpha value is -1.96. The maximum absolute atomic E-state index is 12.5. The summed E-state index contributed by atoms with van der Waals surface area (Å²) in [6, 6.07) is 10.7. The second-order valence-electron chi connectivity index (χ2n) is 6.86. The number of piperidine rings is 1. The number of carbonyl (C=O) groups is 1. The van der Waals surface area contributed by atoms with Gasteiger partial charge in [-0.1, -0.05) is 29.3 Å². The van der Waals surface area contributed by atoms with Crippen LogP contribution < -0.4 is 10.1 Å². The van der Waals surface area contributed by atoms with E-state index >= 15 is 0 Å². The summed E-state index contributed by atoms with van der Waals surface area (Å²) in [6.07, 6.45) is -3.35. The fourth-order valence-electron chi connectivity index (χ4n) is 3.23. The summed E-state index contributed by atoms with van der Waals surface area (Å²) in [7, 11) is 0. The van der Waals surface area contributed by atoms with E-state index < -0.39 is 6.36 Å². The highest BCUT2D eigenvalue weighted by molar-refractivity contribution is 6.42. The highest BCUT2D eigenvalue weighted by atomic mass is 35.5. The van der Waals surface area contributed by atoms with Crippen molar-refractivity contribution in [2.75, 3.05) is 18.4 Å². The van der Waals surface area contributed by atoms with Gasteiger partial charge in [-0.15, -0.1) is 13.2 Å². The van der Waals surface area contributed by atoms with Gasteiger partial charge in [0.1, 0.15) is 5.75 Å². The van der Waals surface area contributed by atoms with Crippen LogP contribution in [0.5, 0.6) is 5.75 Å². The van der Waals surface area contributed by atoms with Crippen molar-refractivity contribution in [2.45, 2.75) is 25.7 Å². The third-order valence-electron chi connectivity index (χ3n) is 4.70. The molecule has 1 saturated heterocycles. The van der Waals surface area contributed by atoms with Gasteiger partial charge in [0.2, 0.25) is 5.91 Å². The summed E-state index contributed by atoms with van der Waals surface area (Å²) in [6.45, 7) is 2.25. The minimum absolute atomic E-state index is 0.135. The molecule has 0 aromatic heterocycles.